The van der Waals surface area contributed by atoms with Gasteiger partial charge in [0, 0.05) is 24.1 Å². The standard InChI is InChI=1S/C23H21BrN2/c1-3-20(24)12-13-21-16-19(23(2)14-8-5-9-15-23)17-25-22(26-21)18-10-6-4-7-11-18/h3-11,14,17,19H,1,15-16H2,2H3. The van der Waals surface area contributed by atoms with Crippen LogP contribution in [0.2, 0.25) is 0 Å². The highest BCUT2D eigenvalue weighted by molar-refractivity contribution is 9.11. The van der Waals surface area contributed by atoms with E-state index in [0.29, 0.717) is 5.84 Å². The van der Waals surface area contributed by atoms with E-state index in [1.165, 1.54) is 0 Å². The summed E-state index contributed by atoms with van der Waals surface area (Å²) >= 11 is 3.40. The van der Waals surface area contributed by atoms with E-state index in [1.807, 2.05) is 30.3 Å². The highest BCUT2D eigenvalue weighted by atomic mass is 79.9. The van der Waals surface area contributed by atoms with E-state index in [1.54, 1.807) is 6.08 Å². The summed E-state index contributed by atoms with van der Waals surface area (Å²) in [6.45, 7) is 6.00. The van der Waals surface area contributed by atoms with Gasteiger partial charge in [0.15, 0.2) is 5.84 Å². The van der Waals surface area contributed by atoms with Crippen LogP contribution in [0, 0.1) is 11.3 Å². The van der Waals surface area contributed by atoms with Crippen molar-refractivity contribution in [2.24, 2.45) is 21.3 Å². The van der Waals surface area contributed by atoms with Crippen molar-refractivity contribution in [3.63, 3.8) is 0 Å². The number of hydrogen-bond acceptors (Lipinski definition) is 2. The summed E-state index contributed by atoms with van der Waals surface area (Å²) in [4.78, 5) is 9.51. The van der Waals surface area contributed by atoms with E-state index in [-0.39, 0.29) is 11.3 Å². The Balaban J connectivity index is 2.07. The first kappa shape index (κ1) is 18.4. The van der Waals surface area contributed by atoms with Gasteiger partial charge in [0.05, 0.1) is 10.2 Å². The Morgan fingerprint density at radius 1 is 1.31 bits per heavy atom. The van der Waals surface area contributed by atoms with Crippen molar-refractivity contribution in [3.8, 4) is 0 Å². The van der Waals surface area contributed by atoms with Gasteiger partial charge in [-0.1, -0.05) is 73.9 Å². The number of amidine groups is 1. The zero-order valence-electron chi connectivity index (χ0n) is 14.8. The van der Waals surface area contributed by atoms with E-state index in [9.17, 15) is 0 Å². The monoisotopic (exact) mass is 404 g/mol. The van der Waals surface area contributed by atoms with E-state index in [2.05, 4.69) is 71.4 Å². The molecule has 1 aromatic rings. The molecule has 0 radical (unpaired) electrons. The molecule has 1 aliphatic carbocycles. The summed E-state index contributed by atoms with van der Waals surface area (Å²) in [6, 6.07) is 10.0. The van der Waals surface area contributed by atoms with Gasteiger partial charge in [0.2, 0.25) is 0 Å². The lowest BCUT2D eigenvalue weighted by atomic mass is 9.71. The molecule has 0 N–H and O–H groups in total. The van der Waals surface area contributed by atoms with E-state index < -0.39 is 0 Å². The lowest BCUT2D eigenvalue weighted by Gasteiger charge is -2.32. The fourth-order valence-electron chi connectivity index (χ4n) is 3.03. The van der Waals surface area contributed by atoms with Gasteiger partial charge in [-0.2, -0.15) is 0 Å². The summed E-state index contributed by atoms with van der Waals surface area (Å²) in [5.41, 5.74) is 8.13. The highest BCUT2D eigenvalue weighted by Gasteiger charge is 2.32. The zero-order valence-corrected chi connectivity index (χ0v) is 16.4. The Morgan fingerprint density at radius 2 is 2.12 bits per heavy atom. The normalized spacial score (nSPS) is 24.3. The maximum Gasteiger partial charge on any atom is 0.159 e. The second-order valence-corrected chi connectivity index (χ2v) is 7.49. The molecule has 2 unspecified atom stereocenters. The summed E-state index contributed by atoms with van der Waals surface area (Å²) in [6.07, 6.45) is 14.2. The van der Waals surface area contributed by atoms with Crippen LogP contribution in [-0.2, 0) is 0 Å². The van der Waals surface area contributed by atoms with E-state index in [0.717, 1.165) is 28.6 Å². The van der Waals surface area contributed by atoms with Gasteiger partial charge < -0.3 is 0 Å². The highest BCUT2D eigenvalue weighted by Crippen LogP contribution is 2.39. The lowest BCUT2D eigenvalue weighted by Crippen LogP contribution is -2.27. The number of halogens is 1. The van der Waals surface area contributed by atoms with Crippen LogP contribution in [0.25, 0.3) is 0 Å². The largest absolute Gasteiger partial charge is 0.241 e. The molecule has 3 heteroatoms. The molecule has 0 saturated heterocycles. The molecule has 0 aromatic heterocycles. The fourth-order valence-corrected chi connectivity index (χ4v) is 3.13. The van der Waals surface area contributed by atoms with Crippen LogP contribution in [0.15, 0.2) is 98.9 Å². The van der Waals surface area contributed by atoms with Crippen LogP contribution in [-0.4, -0.2) is 12.1 Å². The number of benzene rings is 1. The molecule has 1 aromatic carbocycles. The Morgan fingerprint density at radius 3 is 2.81 bits per heavy atom. The molecule has 1 heterocycles. The zero-order chi connectivity index (χ0) is 18.4. The number of rotatable bonds is 3. The third-order valence-electron chi connectivity index (χ3n) is 4.70. The molecule has 130 valence electrons. The first-order valence-corrected chi connectivity index (χ1v) is 9.45. The van der Waals surface area contributed by atoms with Gasteiger partial charge >= 0.3 is 0 Å². The third-order valence-corrected chi connectivity index (χ3v) is 5.22. The predicted molar refractivity (Wildman–Crippen MR) is 114 cm³/mol. The minimum Gasteiger partial charge on any atom is -0.241 e. The van der Waals surface area contributed by atoms with Crippen molar-refractivity contribution in [1.29, 1.82) is 0 Å². The predicted octanol–water partition coefficient (Wildman–Crippen LogP) is 6.15. The second kappa shape index (κ2) is 8.29. The summed E-state index contributed by atoms with van der Waals surface area (Å²) in [7, 11) is 0. The summed E-state index contributed by atoms with van der Waals surface area (Å²) in [5.74, 6) is 0.950. The molecule has 2 aliphatic rings. The number of aliphatic imine (C=N–C) groups is 2. The molecule has 2 nitrogen and oxygen atoms in total. The molecule has 0 amide bonds. The number of allylic oxidation sites excluding steroid dienone is 7. The third kappa shape index (κ3) is 4.39. The first-order chi connectivity index (χ1) is 12.6. The van der Waals surface area contributed by atoms with Gasteiger partial charge in [-0.05, 0) is 39.6 Å². The molecule has 2 atom stereocenters. The van der Waals surface area contributed by atoms with Gasteiger partial charge in [-0.25, -0.2) is 9.98 Å². The summed E-state index contributed by atoms with van der Waals surface area (Å²) in [5, 5.41) is 0. The molecule has 1 aliphatic heterocycles. The van der Waals surface area contributed by atoms with E-state index in [4.69, 9.17) is 9.98 Å². The van der Waals surface area contributed by atoms with Crippen molar-refractivity contribution < 1.29 is 0 Å². The van der Waals surface area contributed by atoms with Crippen LogP contribution in [0.1, 0.15) is 25.3 Å². The second-order valence-electron chi connectivity index (χ2n) is 6.64. The van der Waals surface area contributed by atoms with Crippen molar-refractivity contribution in [1.82, 2.24) is 0 Å². The van der Waals surface area contributed by atoms with Crippen LogP contribution in [0.4, 0.5) is 0 Å². The van der Waals surface area contributed by atoms with Gasteiger partial charge in [0.1, 0.15) is 0 Å². The van der Waals surface area contributed by atoms with Crippen molar-refractivity contribution in [3.05, 3.63) is 94.5 Å². The Kier molecular flexibility index (Phi) is 5.85. The fraction of sp³-hybridized carbons (Fsp3) is 0.217. The minimum atomic E-state index is 0.0201. The maximum atomic E-state index is 4.78. The molecular weight excluding hydrogens is 384 g/mol. The van der Waals surface area contributed by atoms with Gasteiger partial charge in [-0.15, -0.1) is 0 Å². The van der Waals surface area contributed by atoms with E-state index >= 15 is 0 Å². The van der Waals surface area contributed by atoms with Crippen molar-refractivity contribution in [2.45, 2.75) is 19.8 Å². The minimum absolute atomic E-state index is 0.0201. The average molecular weight is 405 g/mol. The quantitative estimate of drug-likeness (QED) is 0.426. The molecule has 0 saturated carbocycles. The molecule has 0 spiro atoms. The Labute approximate surface area is 163 Å². The first-order valence-electron chi connectivity index (χ1n) is 8.66. The molecular formula is C23H21BrN2. The lowest BCUT2D eigenvalue weighted by molar-refractivity contribution is 0.331. The topological polar surface area (TPSA) is 24.7 Å². The SMILES string of the molecule is C=CC(Br)=C=C=C1CC(C2(C)C=CC=CC2)C=NC(c2ccccc2)=N1. The molecule has 0 fully saturated rings. The Bertz CT molecular complexity index is 905. The van der Waals surface area contributed by atoms with Crippen LogP contribution in [0.3, 0.4) is 0 Å². The van der Waals surface area contributed by atoms with Crippen LogP contribution < -0.4 is 0 Å². The van der Waals surface area contributed by atoms with Gasteiger partial charge in [0.25, 0.3) is 0 Å². The van der Waals surface area contributed by atoms with Crippen molar-refractivity contribution in [2.75, 3.05) is 0 Å². The Hall–Kier alpha value is -2.44. The maximum absolute atomic E-state index is 4.78. The summed E-state index contributed by atoms with van der Waals surface area (Å²) < 4.78 is 0.759. The van der Waals surface area contributed by atoms with Crippen LogP contribution in [0.5, 0.6) is 0 Å². The van der Waals surface area contributed by atoms with Crippen LogP contribution >= 0.6 is 15.9 Å². The molecule has 26 heavy (non-hydrogen) atoms. The van der Waals surface area contributed by atoms with Crippen molar-refractivity contribution >= 4 is 28.0 Å². The molecule has 3 rings (SSSR count). The smallest absolute Gasteiger partial charge is 0.159 e. The number of nitrogens with zero attached hydrogens (tertiary/aromatic N) is 2. The molecule has 0 bridgehead atoms. The van der Waals surface area contributed by atoms with Gasteiger partial charge in [-0.3, -0.25) is 0 Å². The number of hydrogen-bond donors (Lipinski definition) is 0. The average Bonchev–Trinajstić information content (AvgIpc) is 2.91.